The predicted molar refractivity (Wildman–Crippen MR) is 126 cm³/mol. The lowest BCUT2D eigenvalue weighted by atomic mass is 10.1. The largest absolute Gasteiger partial charge is 0.331 e. The Morgan fingerprint density at radius 1 is 0.611 bits per heavy atom. The van der Waals surface area contributed by atoms with Crippen LogP contribution in [0.1, 0.15) is 55.3 Å². The molecule has 0 unspecified atom stereocenters. The van der Waals surface area contributed by atoms with E-state index in [4.69, 9.17) is 0 Å². The number of carbonyl (C=O) groups excluding carboxylic acids is 6. The van der Waals surface area contributed by atoms with Gasteiger partial charge in [0, 0.05) is 0 Å². The lowest BCUT2D eigenvalue weighted by Crippen LogP contribution is -2.39. The van der Waals surface area contributed by atoms with Gasteiger partial charge in [0.25, 0.3) is 23.6 Å². The van der Waals surface area contributed by atoms with Gasteiger partial charge in [0.05, 0.1) is 46.8 Å². The van der Waals surface area contributed by atoms with Crippen molar-refractivity contribution < 1.29 is 28.8 Å². The number of hydrogen-bond acceptors (Lipinski definition) is 8. The summed E-state index contributed by atoms with van der Waals surface area (Å²) in [6, 6.07) is 12.8. The minimum atomic E-state index is -1.14. The van der Waals surface area contributed by atoms with Crippen LogP contribution in [-0.4, -0.2) is 69.8 Å². The summed E-state index contributed by atoms with van der Waals surface area (Å²) < 4.78 is 0. The highest BCUT2D eigenvalue weighted by molar-refractivity contribution is 6.35. The van der Waals surface area contributed by atoms with Crippen LogP contribution in [0.4, 0.5) is 0 Å². The average molecular weight is 488 g/mol. The predicted octanol–water partition coefficient (Wildman–Crippen LogP) is 0.563. The van der Waals surface area contributed by atoms with Crippen molar-refractivity contribution in [2.75, 3.05) is 13.1 Å². The van der Waals surface area contributed by atoms with Gasteiger partial charge in [-0.3, -0.25) is 38.6 Å². The van der Waals surface area contributed by atoms with Crippen LogP contribution in [0.5, 0.6) is 0 Å². The molecule has 2 aliphatic heterocycles. The Hall–Kier alpha value is -5.00. The minimum Gasteiger partial charge on any atom is -0.269 e. The molecule has 0 bridgehead atoms. The fourth-order valence-corrected chi connectivity index (χ4v) is 3.69. The number of amides is 6. The van der Waals surface area contributed by atoms with Crippen molar-refractivity contribution in [3.05, 3.63) is 70.8 Å². The SMILES string of the molecule is CC(CN1C(=O)c2ccccc2C1=O)=NNC(=O)C(=O)NN=C(C)CN1C(=O)c2ccccc2C1=O. The molecule has 0 aromatic heterocycles. The zero-order valence-corrected chi connectivity index (χ0v) is 19.3. The van der Waals surface area contributed by atoms with E-state index in [1.807, 2.05) is 10.9 Å². The maximum atomic E-state index is 12.4. The molecule has 36 heavy (non-hydrogen) atoms. The van der Waals surface area contributed by atoms with Crippen LogP contribution in [0.15, 0.2) is 58.7 Å². The maximum Gasteiger partial charge on any atom is 0.331 e. The molecule has 4 rings (SSSR count). The molecule has 12 heteroatoms. The Balaban J connectivity index is 1.29. The van der Waals surface area contributed by atoms with E-state index >= 15 is 0 Å². The smallest absolute Gasteiger partial charge is 0.269 e. The minimum absolute atomic E-state index is 0.175. The second-order valence-electron chi connectivity index (χ2n) is 8.06. The number of hydrazone groups is 2. The van der Waals surface area contributed by atoms with Crippen LogP contribution >= 0.6 is 0 Å². The molecule has 2 aromatic rings. The van der Waals surface area contributed by atoms with Gasteiger partial charge < -0.3 is 0 Å². The highest BCUT2D eigenvalue weighted by Crippen LogP contribution is 2.23. The van der Waals surface area contributed by atoms with E-state index < -0.39 is 35.4 Å². The number of nitrogens with zero attached hydrogens (tertiary/aromatic N) is 4. The summed E-state index contributed by atoms with van der Waals surface area (Å²) in [4.78, 5) is 75.7. The molecule has 2 aromatic carbocycles. The molecule has 2 N–H and O–H groups in total. The summed E-state index contributed by atoms with van der Waals surface area (Å²) in [6.07, 6.45) is 0. The van der Waals surface area contributed by atoms with E-state index in [0.717, 1.165) is 9.80 Å². The normalized spacial score (nSPS) is 15.3. The van der Waals surface area contributed by atoms with Crippen molar-refractivity contribution in [1.29, 1.82) is 0 Å². The summed E-state index contributed by atoms with van der Waals surface area (Å²) in [7, 11) is 0. The van der Waals surface area contributed by atoms with Gasteiger partial charge in [-0.1, -0.05) is 24.3 Å². The molecule has 182 valence electrons. The zero-order valence-electron chi connectivity index (χ0n) is 19.3. The number of carbonyl (C=O) groups is 6. The van der Waals surface area contributed by atoms with Gasteiger partial charge in [-0.2, -0.15) is 10.2 Å². The number of fused-ring (bicyclic) bond motifs is 2. The topological polar surface area (TPSA) is 158 Å². The van der Waals surface area contributed by atoms with Crippen LogP contribution < -0.4 is 10.9 Å². The van der Waals surface area contributed by atoms with Gasteiger partial charge in [0.1, 0.15) is 0 Å². The number of imide groups is 2. The fourth-order valence-electron chi connectivity index (χ4n) is 3.69. The molecule has 0 radical (unpaired) electrons. The molecular formula is C24H20N6O6. The second-order valence-corrected chi connectivity index (χ2v) is 8.06. The van der Waals surface area contributed by atoms with Gasteiger partial charge in [0.15, 0.2) is 0 Å². The Bertz CT molecular complexity index is 1220. The van der Waals surface area contributed by atoms with Gasteiger partial charge in [0.2, 0.25) is 0 Å². The summed E-state index contributed by atoms with van der Waals surface area (Å²) in [5, 5.41) is 7.52. The quantitative estimate of drug-likeness (QED) is 0.262. The molecule has 0 spiro atoms. The van der Waals surface area contributed by atoms with Crippen molar-refractivity contribution in [1.82, 2.24) is 20.7 Å². The first-order valence-corrected chi connectivity index (χ1v) is 10.8. The van der Waals surface area contributed by atoms with Crippen molar-refractivity contribution in [3.63, 3.8) is 0 Å². The number of hydrogen-bond donors (Lipinski definition) is 2. The molecule has 0 aliphatic carbocycles. The molecule has 6 amide bonds. The third-order valence-electron chi connectivity index (χ3n) is 5.43. The fraction of sp³-hybridized carbons (Fsp3) is 0.167. The van der Waals surface area contributed by atoms with Gasteiger partial charge >= 0.3 is 11.8 Å². The van der Waals surface area contributed by atoms with Crippen LogP contribution in [0.25, 0.3) is 0 Å². The van der Waals surface area contributed by atoms with Crippen molar-refractivity contribution >= 4 is 46.9 Å². The first kappa shape index (κ1) is 24.1. The van der Waals surface area contributed by atoms with E-state index in [2.05, 4.69) is 10.2 Å². The average Bonchev–Trinajstić information content (AvgIpc) is 3.26. The van der Waals surface area contributed by atoms with Gasteiger partial charge in [-0.05, 0) is 38.1 Å². The van der Waals surface area contributed by atoms with Crippen LogP contribution in [-0.2, 0) is 9.59 Å². The Kier molecular flexibility index (Phi) is 6.50. The Morgan fingerprint density at radius 3 is 1.17 bits per heavy atom. The highest BCUT2D eigenvalue weighted by atomic mass is 16.2. The van der Waals surface area contributed by atoms with E-state index in [0.29, 0.717) is 0 Å². The summed E-state index contributed by atoms with van der Waals surface area (Å²) in [5.41, 5.74) is 5.61. The monoisotopic (exact) mass is 488 g/mol. The zero-order chi connectivity index (χ0) is 26.0. The second kappa shape index (κ2) is 9.70. The van der Waals surface area contributed by atoms with E-state index in [9.17, 15) is 28.8 Å². The van der Waals surface area contributed by atoms with Crippen LogP contribution in [0.3, 0.4) is 0 Å². The van der Waals surface area contributed by atoms with Gasteiger partial charge in [-0.15, -0.1) is 0 Å². The van der Waals surface area contributed by atoms with Crippen LogP contribution in [0, 0.1) is 0 Å². The van der Waals surface area contributed by atoms with Crippen molar-refractivity contribution in [3.8, 4) is 0 Å². The number of nitrogens with one attached hydrogen (secondary N) is 2. The van der Waals surface area contributed by atoms with Crippen LogP contribution in [0.2, 0.25) is 0 Å². The number of benzene rings is 2. The first-order chi connectivity index (χ1) is 17.2. The standard InChI is InChI=1S/C24H20N6O6/c1-13(11-29-21(33)15-7-3-4-8-16(15)22(29)34)25-27-19(31)20(32)28-26-14(2)12-30-23(35)17-9-5-6-10-18(17)24(30)36/h3-10H,11-12H2,1-2H3,(H,27,31)(H,28,32). The van der Waals surface area contributed by atoms with Crippen molar-refractivity contribution in [2.24, 2.45) is 10.2 Å². The molecule has 2 heterocycles. The molecule has 0 saturated heterocycles. The number of rotatable bonds is 6. The van der Waals surface area contributed by atoms with E-state index in [1.54, 1.807) is 48.5 Å². The molecule has 0 fully saturated rings. The molecular weight excluding hydrogens is 468 g/mol. The van der Waals surface area contributed by atoms with Crippen molar-refractivity contribution in [2.45, 2.75) is 13.8 Å². The molecule has 0 saturated carbocycles. The summed E-state index contributed by atoms with van der Waals surface area (Å²) >= 11 is 0. The third kappa shape index (κ3) is 4.51. The summed E-state index contributed by atoms with van der Waals surface area (Å²) in [5.74, 6) is -4.19. The highest BCUT2D eigenvalue weighted by Gasteiger charge is 2.36. The van der Waals surface area contributed by atoms with E-state index in [1.165, 1.54) is 13.8 Å². The third-order valence-corrected chi connectivity index (χ3v) is 5.43. The summed E-state index contributed by atoms with van der Waals surface area (Å²) in [6.45, 7) is 2.61. The lowest BCUT2D eigenvalue weighted by Gasteiger charge is -2.13. The van der Waals surface area contributed by atoms with Gasteiger partial charge in [-0.25, -0.2) is 10.9 Å². The lowest BCUT2D eigenvalue weighted by molar-refractivity contribution is -0.139. The Labute approximate surface area is 204 Å². The molecule has 12 nitrogen and oxygen atoms in total. The molecule has 2 aliphatic rings. The van der Waals surface area contributed by atoms with E-state index in [-0.39, 0.29) is 46.8 Å². The Morgan fingerprint density at radius 2 is 0.889 bits per heavy atom. The first-order valence-electron chi connectivity index (χ1n) is 10.8. The molecule has 0 atom stereocenters. The maximum absolute atomic E-state index is 12.4.